The number of hydrogen-bond donors (Lipinski definition) is 1. The first-order chi connectivity index (χ1) is 7.20. The highest BCUT2D eigenvalue weighted by atomic mass is 16.4. The van der Waals surface area contributed by atoms with Gasteiger partial charge in [-0.2, -0.15) is 0 Å². The molecule has 0 saturated heterocycles. The van der Waals surface area contributed by atoms with Crippen LogP contribution in [0.15, 0.2) is 36.7 Å². The number of imidazole rings is 1. The zero-order valence-corrected chi connectivity index (χ0v) is 8.21. The maximum Gasteiger partial charge on any atom is 0.356 e. The van der Waals surface area contributed by atoms with Crippen LogP contribution in [0, 0.1) is 0 Å². The number of aryl methyl sites for hydroxylation is 1. The topological polar surface area (TPSA) is 55.1 Å². The van der Waals surface area contributed by atoms with Crippen molar-refractivity contribution < 1.29 is 9.90 Å². The van der Waals surface area contributed by atoms with E-state index in [0.717, 1.165) is 5.56 Å². The number of aromatic nitrogens is 2. The fourth-order valence-corrected chi connectivity index (χ4v) is 1.52. The summed E-state index contributed by atoms with van der Waals surface area (Å²) in [5.74, 6) is -1.01. The second-order valence-electron chi connectivity index (χ2n) is 3.22. The van der Waals surface area contributed by atoms with Gasteiger partial charge in [0.15, 0.2) is 5.69 Å². The summed E-state index contributed by atoms with van der Waals surface area (Å²) < 4.78 is 1.71. The van der Waals surface area contributed by atoms with E-state index in [1.165, 1.54) is 6.33 Å². The lowest BCUT2D eigenvalue weighted by atomic mass is 10.1. The summed E-state index contributed by atoms with van der Waals surface area (Å²) in [4.78, 5) is 14.8. The van der Waals surface area contributed by atoms with Crippen molar-refractivity contribution in [3.8, 4) is 11.3 Å². The minimum atomic E-state index is -1.01. The predicted molar refractivity (Wildman–Crippen MR) is 55.6 cm³/mol. The van der Waals surface area contributed by atoms with Crippen molar-refractivity contribution in [1.82, 2.24) is 9.55 Å². The fraction of sp³-hybridized carbons (Fsp3) is 0.0909. The van der Waals surface area contributed by atoms with Crippen molar-refractivity contribution in [1.29, 1.82) is 0 Å². The number of benzene rings is 1. The van der Waals surface area contributed by atoms with Crippen LogP contribution < -0.4 is 0 Å². The minimum absolute atomic E-state index is 0.0868. The van der Waals surface area contributed by atoms with E-state index in [0.29, 0.717) is 5.69 Å². The average molecular weight is 202 g/mol. The van der Waals surface area contributed by atoms with E-state index in [2.05, 4.69) is 4.98 Å². The molecular weight excluding hydrogens is 192 g/mol. The van der Waals surface area contributed by atoms with Gasteiger partial charge in [0.05, 0.1) is 12.0 Å². The van der Waals surface area contributed by atoms with Gasteiger partial charge in [0, 0.05) is 12.6 Å². The Hall–Kier alpha value is -2.10. The Balaban J connectivity index is 2.62. The van der Waals surface area contributed by atoms with E-state index in [4.69, 9.17) is 5.11 Å². The molecule has 2 rings (SSSR count). The highest BCUT2D eigenvalue weighted by Gasteiger charge is 2.16. The lowest BCUT2D eigenvalue weighted by Gasteiger charge is -2.03. The van der Waals surface area contributed by atoms with Gasteiger partial charge in [-0.15, -0.1) is 0 Å². The molecule has 0 radical (unpaired) electrons. The Morgan fingerprint density at radius 2 is 2.00 bits per heavy atom. The normalized spacial score (nSPS) is 10.2. The monoisotopic (exact) mass is 202 g/mol. The minimum Gasteiger partial charge on any atom is -0.476 e. The van der Waals surface area contributed by atoms with E-state index in [9.17, 15) is 4.79 Å². The Kier molecular flexibility index (Phi) is 2.25. The number of carbonyl (C=O) groups is 1. The molecule has 4 heteroatoms. The van der Waals surface area contributed by atoms with Gasteiger partial charge in [0.2, 0.25) is 0 Å². The first-order valence-corrected chi connectivity index (χ1v) is 4.50. The molecule has 0 spiro atoms. The molecule has 1 N–H and O–H groups in total. The average Bonchev–Trinajstić information content (AvgIpc) is 2.61. The van der Waals surface area contributed by atoms with Crippen LogP contribution in [0.3, 0.4) is 0 Å². The zero-order chi connectivity index (χ0) is 10.8. The molecule has 0 saturated carbocycles. The molecule has 0 unspecified atom stereocenters. The first kappa shape index (κ1) is 9.45. The highest BCUT2D eigenvalue weighted by molar-refractivity contribution is 5.92. The van der Waals surface area contributed by atoms with Gasteiger partial charge in [-0.05, 0) is 0 Å². The third-order valence-electron chi connectivity index (χ3n) is 2.19. The molecule has 15 heavy (non-hydrogen) atoms. The number of nitrogens with zero attached hydrogens (tertiary/aromatic N) is 2. The maximum atomic E-state index is 10.9. The van der Waals surface area contributed by atoms with Gasteiger partial charge >= 0.3 is 5.97 Å². The Labute approximate surface area is 86.8 Å². The number of carboxylic acids is 1. The highest BCUT2D eigenvalue weighted by Crippen LogP contribution is 2.21. The van der Waals surface area contributed by atoms with Gasteiger partial charge in [-0.25, -0.2) is 9.78 Å². The maximum absolute atomic E-state index is 10.9. The molecule has 1 aromatic carbocycles. The van der Waals surface area contributed by atoms with Gasteiger partial charge in [-0.3, -0.25) is 0 Å². The van der Waals surface area contributed by atoms with Crippen molar-refractivity contribution in [2.45, 2.75) is 0 Å². The molecule has 0 amide bonds. The van der Waals surface area contributed by atoms with Crippen molar-refractivity contribution in [2.24, 2.45) is 7.05 Å². The SMILES string of the molecule is Cn1cnc(C(=O)O)c1-c1ccccc1. The van der Waals surface area contributed by atoms with E-state index in [-0.39, 0.29) is 5.69 Å². The summed E-state index contributed by atoms with van der Waals surface area (Å²) in [5.41, 5.74) is 1.57. The van der Waals surface area contributed by atoms with E-state index >= 15 is 0 Å². The van der Waals surface area contributed by atoms with E-state index in [1.807, 2.05) is 30.3 Å². The number of carboxylic acid groups (broad SMARTS) is 1. The van der Waals surface area contributed by atoms with Crippen LogP contribution in [0.4, 0.5) is 0 Å². The Bertz CT molecular complexity index is 489. The Morgan fingerprint density at radius 1 is 1.33 bits per heavy atom. The van der Waals surface area contributed by atoms with Gasteiger partial charge in [-0.1, -0.05) is 30.3 Å². The van der Waals surface area contributed by atoms with E-state index in [1.54, 1.807) is 11.6 Å². The number of aromatic carboxylic acids is 1. The van der Waals surface area contributed by atoms with Crippen LogP contribution in [-0.2, 0) is 7.05 Å². The van der Waals surface area contributed by atoms with Crippen molar-refractivity contribution in [2.75, 3.05) is 0 Å². The molecule has 76 valence electrons. The van der Waals surface area contributed by atoms with Crippen molar-refractivity contribution >= 4 is 5.97 Å². The summed E-state index contributed by atoms with van der Waals surface area (Å²) in [7, 11) is 1.78. The summed E-state index contributed by atoms with van der Waals surface area (Å²) >= 11 is 0. The Morgan fingerprint density at radius 3 is 2.60 bits per heavy atom. The van der Waals surface area contributed by atoms with Crippen molar-refractivity contribution in [3.63, 3.8) is 0 Å². The lowest BCUT2D eigenvalue weighted by molar-refractivity contribution is 0.0692. The smallest absolute Gasteiger partial charge is 0.356 e. The molecular formula is C11H10N2O2. The second kappa shape index (κ2) is 3.57. The molecule has 2 aromatic rings. The molecule has 0 aliphatic rings. The number of rotatable bonds is 2. The molecule has 1 heterocycles. The van der Waals surface area contributed by atoms with Crippen LogP contribution in [0.5, 0.6) is 0 Å². The third kappa shape index (κ3) is 1.61. The van der Waals surface area contributed by atoms with Gasteiger partial charge in [0.1, 0.15) is 0 Å². The second-order valence-corrected chi connectivity index (χ2v) is 3.22. The predicted octanol–water partition coefficient (Wildman–Crippen LogP) is 1.79. The standard InChI is InChI=1S/C11H10N2O2/c1-13-7-12-9(11(14)15)10(13)8-5-3-2-4-6-8/h2-7H,1H3,(H,14,15). The molecule has 0 aliphatic carbocycles. The van der Waals surface area contributed by atoms with Crippen LogP contribution in [-0.4, -0.2) is 20.6 Å². The van der Waals surface area contributed by atoms with Gasteiger partial charge in [0.25, 0.3) is 0 Å². The third-order valence-corrected chi connectivity index (χ3v) is 2.19. The molecule has 0 atom stereocenters. The van der Waals surface area contributed by atoms with Crippen LogP contribution in [0.2, 0.25) is 0 Å². The molecule has 4 nitrogen and oxygen atoms in total. The summed E-state index contributed by atoms with van der Waals surface area (Å²) in [6.07, 6.45) is 1.51. The van der Waals surface area contributed by atoms with Crippen LogP contribution in [0.1, 0.15) is 10.5 Å². The largest absolute Gasteiger partial charge is 0.476 e. The van der Waals surface area contributed by atoms with E-state index < -0.39 is 5.97 Å². The summed E-state index contributed by atoms with van der Waals surface area (Å²) in [6, 6.07) is 9.36. The molecule has 0 aliphatic heterocycles. The fourth-order valence-electron chi connectivity index (χ4n) is 1.52. The lowest BCUT2D eigenvalue weighted by Crippen LogP contribution is -2.01. The van der Waals surface area contributed by atoms with Crippen LogP contribution >= 0.6 is 0 Å². The molecule has 0 bridgehead atoms. The number of hydrogen-bond acceptors (Lipinski definition) is 2. The molecule has 1 aromatic heterocycles. The molecule has 0 fully saturated rings. The van der Waals surface area contributed by atoms with Crippen molar-refractivity contribution in [3.05, 3.63) is 42.4 Å². The van der Waals surface area contributed by atoms with Crippen LogP contribution in [0.25, 0.3) is 11.3 Å². The first-order valence-electron chi connectivity index (χ1n) is 4.50. The quantitative estimate of drug-likeness (QED) is 0.807. The summed E-state index contributed by atoms with van der Waals surface area (Å²) in [5, 5.41) is 8.96. The summed E-state index contributed by atoms with van der Waals surface area (Å²) in [6.45, 7) is 0. The van der Waals surface area contributed by atoms with Gasteiger partial charge < -0.3 is 9.67 Å². The zero-order valence-electron chi connectivity index (χ0n) is 8.21.